The van der Waals surface area contributed by atoms with Crippen LogP contribution in [0.2, 0.25) is 0 Å². The lowest BCUT2D eigenvalue weighted by Gasteiger charge is -2.33. The molecule has 0 aliphatic carbocycles. The molecule has 5 heteroatoms. The van der Waals surface area contributed by atoms with Gasteiger partial charge < -0.3 is 14.2 Å². The minimum atomic E-state index is -0.267. The van der Waals surface area contributed by atoms with E-state index in [4.69, 9.17) is 13.8 Å². The van der Waals surface area contributed by atoms with Crippen molar-refractivity contribution in [2.75, 3.05) is 0 Å². The van der Waals surface area contributed by atoms with Crippen LogP contribution in [0, 0.1) is 0 Å². The van der Waals surface area contributed by atoms with Crippen LogP contribution in [0.25, 0.3) is 98.4 Å². The zero-order valence-electron chi connectivity index (χ0n) is 33.5. The number of aliphatic imine (C=N–C) groups is 1. The topological polar surface area (TPSA) is 62.7 Å². The summed E-state index contributed by atoms with van der Waals surface area (Å²) in [6.45, 7) is 0. The van der Waals surface area contributed by atoms with Crippen molar-refractivity contribution in [3.05, 3.63) is 217 Å². The molecule has 0 radical (unpaired) electrons. The zero-order valence-corrected chi connectivity index (χ0v) is 33.5. The Labute approximate surface area is 356 Å². The molecule has 0 saturated heterocycles. The molecule has 5 nitrogen and oxygen atoms in total. The summed E-state index contributed by atoms with van der Waals surface area (Å²) in [5, 5.41) is 19.4. The normalized spacial score (nSPS) is 15.6. The van der Waals surface area contributed by atoms with Crippen LogP contribution in [0.15, 0.2) is 214 Å². The molecular formula is C57H37N3O2. The summed E-state index contributed by atoms with van der Waals surface area (Å²) < 4.78 is 12.9. The van der Waals surface area contributed by atoms with Crippen LogP contribution in [-0.4, -0.2) is 5.84 Å². The summed E-state index contributed by atoms with van der Waals surface area (Å²) in [4.78, 5) is 5.41. The van der Waals surface area contributed by atoms with Crippen molar-refractivity contribution >= 4 is 82.0 Å². The maximum atomic E-state index is 6.69. The predicted octanol–water partition coefficient (Wildman–Crippen LogP) is 14.6. The van der Waals surface area contributed by atoms with Crippen molar-refractivity contribution < 1.29 is 8.83 Å². The second kappa shape index (κ2) is 13.8. The first-order valence-electron chi connectivity index (χ1n) is 21.2. The molecule has 1 aliphatic heterocycles. The number of para-hydroxylation sites is 1. The molecule has 3 heterocycles. The van der Waals surface area contributed by atoms with E-state index in [1.54, 1.807) is 0 Å². The lowest BCUT2D eigenvalue weighted by molar-refractivity contribution is 0.411. The molecule has 12 aromatic rings. The summed E-state index contributed by atoms with van der Waals surface area (Å²) >= 11 is 0. The first kappa shape index (κ1) is 34.8. The van der Waals surface area contributed by atoms with Gasteiger partial charge in [0, 0.05) is 27.1 Å². The van der Waals surface area contributed by atoms with Crippen molar-refractivity contribution in [2.24, 2.45) is 4.99 Å². The number of benzene rings is 10. The average molecular weight is 796 g/mol. The van der Waals surface area contributed by atoms with Gasteiger partial charge in [0.05, 0.1) is 0 Å². The number of amidine groups is 1. The Morgan fingerprint density at radius 2 is 0.968 bits per heavy atom. The van der Waals surface area contributed by atoms with Gasteiger partial charge in [0.15, 0.2) is 0 Å². The van der Waals surface area contributed by atoms with Gasteiger partial charge >= 0.3 is 0 Å². The monoisotopic (exact) mass is 795 g/mol. The van der Waals surface area contributed by atoms with Gasteiger partial charge in [-0.2, -0.15) is 0 Å². The van der Waals surface area contributed by atoms with Gasteiger partial charge in [-0.1, -0.05) is 164 Å². The fourth-order valence-electron chi connectivity index (χ4n) is 9.97. The van der Waals surface area contributed by atoms with Crippen LogP contribution in [0.5, 0.6) is 0 Å². The molecule has 13 rings (SSSR count). The number of nitrogens with one attached hydrogen (secondary N) is 2. The molecule has 0 spiro atoms. The molecule has 1 aliphatic rings. The smallest absolute Gasteiger partial charge is 0.136 e. The van der Waals surface area contributed by atoms with E-state index in [1.807, 2.05) is 18.2 Å². The number of hydrogen-bond donors (Lipinski definition) is 2. The third-order valence-corrected chi connectivity index (χ3v) is 12.8. The van der Waals surface area contributed by atoms with Crippen molar-refractivity contribution in [1.82, 2.24) is 10.6 Å². The number of rotatable bonds is 5. The van der Waals surface area contributed by atoms with Gasteiger partial charge in [-0.15, -0.1) is 0 Å². The largest absolute Gasteiger partial charge is 0.456 e. The minimum absolute atomic E-state index is 0.212. The van der Waals surface area contributed by atoms with E-state index in [2.05, 4.69) is 193 Å². The van der Waals surface area contributed by atoms with Gasteiger partial charge in [-0.25, -0.2) is 4.99 Å². The van der Waals surface area contributed by atoms with Gasteiger partial charge in [0.25, 0.3) is 0 Å². The van der Waals surface area contributed by atoms with Crippen LogP contribution in [0.4, 0.5) is 0 Å². The fraction of sp³-hybridized carbons (Fsp3) is 0.0351. The first-order chi connectivity index (χ1) is 30.7. The molecule has 2 unspecified atom stereocenters. The molecule has 62 heavy (non-hydrogen) atoms. The second-order valence-electron chi connectivity index (χ2n) is 16.2. The Hall–Kier alpha value is -7.99. The van der Waals surface area contributed by atoms with Gasteiger partial charge in [-0.3, -0.25) is 5.32 Å². The van der Waals surface area contributed by atoms with Crippen molar-refractivity contribution in [3.63, 3.8) is 0 Å². The van der Waals surface area contributed by atoms with E-state index in [1.165, 1.54) is 27.1 Å². The maximum absolute atomic E-state index is 6.69. The molecule has 0 bridgehead atoms. The van der Waals surface area contributed by atoms with Crippen molar-refractivity contribution in [3.8, 4) is 22.3 Å². The third kappa shape index (κ3) is 5.42. The van der Waals surface area contributed by atoms with E-state index in [9.17, 15) is 0 Å². The van der Waals surface area contributed by atoms with Crippen LogP contribution in [0.1, 0.15) is 29.0 Å². The highest BCUT2D eigenvalue weighted by atomic mass is 16.3. The molecule has 2 atom stereocenters. The first-order valence-corrected chi connectivity index (χ1v) is 21.2. The van der Waals surface area contributed by atoms with E-state index in [-0.39, 0.29) is 12.3 Å². The number of hydrogen-bond acceptors (Lipinski definition) is 5. The lowest BCUT2D eigenvalue weighted by atomic mass is 9.92. The van der Waals surface area contributed by atoms with E-state index >= 15 is 0 Å². The standard InChI is InChI=1S/C57H37N3O2/c1-2-14-34(15-3-1)55-58-56(60-57(59-55)48-32-35-16-4-5-17-37(35)39-18-6-7-19-43(39)48)45-26-11-22-40-41(23-10-24-42(40)45)44-25-13-29-51-54(44)47-31-30-36(33-52(47)62-51)38-21-12-28-50-53(38)46-20-8-9-27-49(46)61-50/h1-33,55,57,59H,(H,58,60). The molecular weight excluding hydrogens is 759 g/mol. The molecule has 292 valence electrons. The summed E-state index contributed by atoms with van der Waals surface area (Å²) in [6.07, 6.45) is -0.480. The highest BCUT2D eigenvalue weighted by Gasteiger charge is 2.28. The van der Waals surface area contributed by atoms with E-state index in [0.29, 0.717) is 0 Å². The summed E-state index contributed by atoms with van der Waals surface area (Å²) in [6, 6.07) is 70.9. The number of fused-ring (bicyclic) bond motifs is 10. The summed E-state index contributed by atoms with van der Waals surface area (Å²) in [7, 11) is 0. The Balaban J connectivity index is 0.947. The highest BCUT2D eigenvalue weighted by Crippen LogP contribution is 2.43. The van der Waals surface area contributed by atoms with Crippen molar-refractivity contribution in [1.29, 1.82) is 0 Å². The molecule has 0 amide bonds. The summed E-state index contributed by atoms with van der Waals surface area (Å²) in [5.74, 6) is 0.850. The Kier molecular flexibility index (Phi) is 7.74. The Morgan fingerprint density at radius 3 is 1.81 bits per heavy atom. The maximum Gasteiger partial charge on any atom is 0.136 e. The van der Waals surface area contributed by atoms with Crippen LogP contribution in [0.3, 0.4) is 0 Å². The number of nitrogens with zero attached hydrogens (tertiary/aromatic N) is 1. The Bertz CT molecular complexity index is 3790. The lowest BCUT2D eigenvalue weighted by Crippen LogP contribution is -2.45. The van der Waals surface area contributed by atoms with Gasteiger partial charge in [0.1, 0.15) is 40.5 Å². The average Bonchev–Trinajstić information content (AvgIpc) is 3.92. The number of furan rings is 2. The quantitative estimate of drug-likeness (QED) is 0.170. The Morgan fingerprint density at radius 1 is 0.387 bits per heavy atom. The predicted molar refractivity (Wildman–Crippen MR) is 256 cm³/mol. The van der Waals surface area contributed by atoms with Crippen LogP contribution < -0.4 is 10.6 Å². The third-order valence-electron chi connectivity index (χ3n) is 12.8. The molecule has 0 fully saturated rings. The van der Waals surface area contributed by atoms with Gasteiger partial charge in [-0.05, 0) is 102 Å². The minimum Gasteiger partial charge on any atom is -0.456 e. The molecule has 0 saturated carbocycles. The van der Waals surface area contributed by atoms with Crippen LogP contribution >= 0.6 is 0 Å². The summed E-state index contributed by atoms with van der Waals surface area (Å²) in [5.41, 5.74) is 11.3. The zero-order chi connectivity index (χ0) is 40.7. The van der Waals surface area contributed by atoms with Gasteiger partial charge in [0.2, 0.25) is 0 Å². The van der Waals surface area contributed by atoms with Crippen molar-refractivity contribution in [2.45, 2.75) is 12.3 Å². The molecule has 10 aromatic carbocycles. The second-order valence-corrected chi connectivity index (χ2v) is 16.2. The highest BCUT2D eigenvalue weighted by molar-refractivity contribution is 6.19. The van der Waals surface area contributed by atoms with Crippen LogP contribution in [-0.2, 0) is 0 Å². The van der Waals surface area contributed by atoms with E-state index in [0.717, 1.165) is 93.9 Å². The molecule has 2 N–H and O–H groups in total. The fourth-order valence-corrected chi connectivity index (χ4v) is 9.97. The SMILES string of the molecule is c1ccc(C2N=C(c3cccc4c(-c5cccc6oc7cc(-c8cccc9oc%10ccccc%10c89)ccc7c56)cccc34)NC(c3cc4ccccc4c4ccccc34)N2)cc1. The molecule has 2 aromatic heterocycles. The van der Waals surface area contributed by atoms with E-state index < -0.39 is 0 Å².